The van der Waals surface area contributed by atoms with Gasteiger partial charge in [0.25, 0.3) is 0 Å². The van der Waals surface area contributed by atoms with Crippen LogP contribution in [0.5, 0.6) is 0 Å². The first-order chi connectivity index (χ1) is 4.33. The third-order valence-electron chi connectivity index (χ3n) is 1.03. The molecule has 1 nitrogen and oxygen atoms in total. The van der Waals surface area contributed by atoms with E-state index in [-0.39, 0.29) is 0 Å². The van der Waals surface area contributed by atoms with Crippen LogP contribution >= 0.6 is 0 Å². The molecule has 1 aromatic carbocycles. The predicted molar refractivity (Wildman–Crippen MR) is 37.2 cm³/mol. The third-order valence-corrected chi connectivity index (χ3v) is 1.65. The molecule has 0 atom stereocenters. The van der Waals surface area contributed by atoms with Crippen LogP contribution in [0, 0.1) is 0 Å². The van der Waals surface area contributed by atoms with Crippen molar-refractivity contribution in [3.8, 4) is 0 Å². The van der Waals surface area contributed by atoms with Crippen molar-refractivity contribution in [3.63, 3.8) is 0 Å². The summed E-state index contributed by atoms with van der Waals surface area (Å²) in [5, 5.41) is 0. The summed E-state index contributed by atoms with van der Waals surface area (Å²) < 4.78 is 1.12. The topological polar surface area (TPSA) is 17.1 Å². The molecule has 1 rings (SSSR count). The Morgan fingerprint density at radius 3 is 2.22 bits per heavy atom. The monoisotopic (exact) mass is 180 g/mol. The molecule has 9 heavy (non-hydrogen) atoms. The van der Waals surface area contributed by atoms with E-state index in [0.717, 1.165) is 16.2 Å². The summed E-state index contributed by atoms with van der Waals surface area (Å²) in [6, 6.07) is 7.37. The van der Waals surface area contributed by atoms with Gasteiger partial charge in [0.15, 0.2) is 0 Å². The normalized spacial score (nSPS) is 9.00. The Morgan fingerprint density at radius 2 is 1.78 bits per heavy atom. The van der Waals surface area contributed by atoms with Gasteiger partial charge in [-0.3, -0.25) is 0 Å². The quantitative estimate of drug-likeness (QED) is 0.448. The molecule has 0 aliphatic heterocycles. The fraction of sp³-hybridized carbons (Fsp3) is 0. The summed E-state index contributed by atoms with van der Waals surface area (Å²) >= 11 is 2.42. The summed E-state index contributed by atoms with van der Waals surface area (Å²) in [4.78, 5) is 10.1. The molecule has 0 saturated carbocycles. The van der Waals surface area contributed by atoms with Crippen LogP contribution in [0.1, 0.15) is 10.4 Å². The Hall–Kier alpha value is -0.552. The fourth-order valence-corrected chi connectivity index (χ4v) is 0.866. The molecule has 0 aromatic heterocycles. The van der Waals surface area contributed by atoms with Crippen molar-refractivity contribution >= 4 is 27.5 Å². The van der Waals surface area contributed by atoms with Crippen molar-refractivity contribution in [1.29, 1.82) is 0 Å². The second-order valence-corrected chi connectivity index (χ2v) is 2.79. The SMILES string of the molecule is O=Cc1ccc([As])cc1. The van der Waals surface area contributed by atoms with Crippen LogP contribution in [-0.4, -0.2) is 23.1 Å². The molecule has 0 aliphatic rings. The Bertz CT molecular complexity index is 203. The van der Waals surface area contributed by atoms with Crippen molar-refractivity contribution in [2.45, 2.75) is 0 Å². The van der Waals surface area contributed by atoms with Crippen molar-refractivity contribution in [1.82, 2.24) is 0 Å². The number of carbonyl (C=O) groups excluding carboxylic acids is 1. The Morgan fingerprint density at radius 1 is 1.22 bits per heavy atom. The van der Waals surface area contributed by atoms with Crippen LogP contribution < -0.4 is 4.35 Å². The van der Waals surface area contributed by atoms with E-state index in [4.69, 9.17) is 0 Å². The zero-order valence-corrected chi connectivity index (χ0v) is 6.62. The first-order valence-electron chi connectivity index (χ1n) is 2.57. The minimum atomic E-state index is 0.727. The van der Waals surface area contributed by atoms with Gasteiger partial charge in [0, 0.05) is 0 Å². The van der Waals surface area contributed by atoms with E-state index in [1.807, 2.05) is 12.1 Å². The predicted octanol–water partition coefficient (Wildman–Crippen LogP) is 0.293. The van der Waals surface area contributed by atoms with Crippen LogP contribution in [0.4, 0.5) is 0 Å². The van der Waals surface area contributed by atoms with Gasteiger partial charge in [-0.1, -0.05) is 0 Å². The summed E-state index contributed by atoms with van der Waals surface area (Å²) in [6.07, 6.45) is 0.840. The average molecular weight is 180 g/mol. The Balaban J connectivity index is 3.01. The molecule has 1 aromatic rings. The Labute approximate surface area is 62.6 Å². The molecule has 0 aliphatic carbocycles. The molecule has 0 fully saturated rings. The second-order valence-electron chi connectivity index (χ2n) is 1.71. The molecule has 2 heteroatoms. The summed E-state index contributed by atoms with van der Waals surface area (Å²) in [7, 11) is 0. The van der Waals surface area contributed by atoms with Gasteiger partial charge in [0.2, 0.25) is 0 Å². The number of carbonyl (C=O) groups is 1. The van der Waals surface area contributed by atoms with Gasteiger partial charge < -0.3 is 0 Å². The summed E-state index contributed by atoms with van der Waals surface area (Å²) in [6.45, 7) is 0. The van der Waals surface area contributed by atoms with Gasteiger partial charge >= 0.3 is 62.1 Å². The molecule has 0 amide bonds. The molecular weight excluding hydrogens is 175 g/mol. The fourth-order valence-electron chi connectivity index (χ4n) is 0.553. The van der Waals surface area contributed by atoms with Gasteiger partial charge in [-0.05, 0) is 0 Å². The zero-order valence-electron chi connectivity index (χ0n) is 4.74. The number of aldehydes is 1. The van der Waals surface area contributed by atoms with Crippen molar-refractivity contribution < 1.29 is 4.79 Å². The minimum absolute atomic E-state index is 0.727. The molecule has 0 saturated heterocycles. The number of benzene rings is 1. The van der Waals surface area contributed by atoms with Gasteiger partial charge in [0.05, 0.1) is 0 Å². The number of rotatable bonds is 1. The van der Waals surface area contributed by atoms with Crippen LogP contribution in [0.2, 0.25) is 0 Å². The van der Waals surface area contributed by atoms with Crippen LogP contribution in [0.25, 0.3) is 0 Å². The van der Waals surface area contributed by atoms with E-state index < -0.39 is 0 Å². The number of hydrogen-bond donors (Lipinski definition) is 0. The molecular formula is C7H5AsO. The summed E-state index contributed by atoms with van der Waals surface area (Å²) in [5.74, 6) is 0. The van der Waals surface area contributed by atoms with Crippen molar-refractivity contribution in [2.24, 2.45) is 0 Å². The van der Waals surface area contributed by atoms with Gasteiger partial charge in [-0.15, -0.1) is 0 Å². The first-order valence-corrected chi connectivity index (χ1v) is 3.51. The van der Waals surface area contributed by atoms with E-state index >= 15 is 0 Å². The third kappa shape index (κ3) is 1.69. The maximum atomic E-state index is 10.1. The molecule has 2 radical (unpaired) electrons. The van der Waals surface area contributed by atoms with Gasteiger partial charge in [0.1, 0.15) is 0 Å². The first kappa shape index (κ1) is 6.57. The molecule has 0 heterocycles. The maximum absolute atomic E-state index is 10.1. The number of hydrogen-bond acceptors (Lipinski definition) is 1. The van der Waals surface area contributed by atoms with Crippen molar-refractivity contribution in [2.75, 3.05) is 0 Å². The van der Waals surface area contributed by atoms with E-state index in [9.17, 15) is 4.79 Å². The van der Waals surface area contributed by atoms with E-state index in [1.54, 1.807) is 12.1 Å². The molecule has 0 unspecified atom stereocenters. The van der Waals surface area contributed by atoms with E-state index in [1.165, 1.54) is 0 Å². The van der Waals surface area contributed by atoms with Crippen LogP contribution in [0.3, 0.4) is 0 Å². The molecule has 44 valence electrons. The molecule has 0 bridgehead atoms. The molecule has 0 spiro atoms. The van der Waals surface area contributed by atoms with Gasteiger partial charge in [-0.2, -0.15) is 0 Å². The van der Waals surface area contributed by atoms with E-state index in [2.05, 4.69) is 16.9 Å². The Kier molecular flexibility index (Phi) is 2.07. The van der Waals surface area contributed by atoms with E-state index in [0.29, 0.717) is 0 Å². The van der Waals surface area contributed by atoms with Crippen LogP contribution in [-0.2, 0) is 0 Å². The van der Waals surface area contributed by atoms with Crippen LogP contribution in [0.15, 0.2) is 24.3 Å². The average Bonchev–Trinajstić information content (AvgIpc) is 1.90. The zero-order chi connectivity index (χ0) is 6.69. The summed E-state index contributed by atoms with van der Waals surface area (Å²) in [5.41, 5.74) is 0.727. The van der Waals surface area contributed by atoms with Gasteiger partial charge in [-0.25, -0.2) is 0 Å². The van der Waals surface area contributed by atoms with Crippen molar-refractivity contribution in [3.05, 3.63) is 29.8 Å². The molecule has 0 N–H and O–H groups in total. The second kappa shape index (κ2) is 2.84. The standard InChI is InChI=1S/C7H5AsO/c8-7-3-1-6(5-9)2-4-7/h1-5H.